The molecule has 0 aromatic heterocycles. The zero-order valence-electron chi connectivity index (χ0n) is 47.8. The van der Waals surface area contributed by atoms with Crippen LogP contribution in [0, 0.1) is 0 Å². The number of unbranched alkanes of at least 4 members (excludes halogenated alkanes) is 18. The highest BCUT2D eigenvalue weighted by Gasteiger charge is 2.27. The standard InChI is InChI=1S/C64H108NO8P/c1-6-8-10-12-14-16-18-20-22-24-26-28-30-32-34-36-38-40-42-44-46-48-50-52-54-56-63(66)70-60-62(61-72-74(68,69)71-59-58-65(3,4)5)73-64(67)57-55-53-51-49-47-45-43-41-39-37-35-33-31-29-27-25-23-21-19-17-15-13-11-9-7-2/h8-11,14-17,20-23,26-29,33,35,39,41,62H,6-7,12-13,18-19,24-25,30-32,34,36-38,40,42-61H2,1-5H3/p+1/b10-8-,11-9-,16-14-,17-15-,22-20-,23-21-,28-26-,29-27-,35-33-,41-39-. The van der Waals surface area contributed by atoms with E-state index in [1.807, 2.05) is 21.1 Å². The summed E-state index contributed by atoms with van der Waals surface area (Å²) in [6.45, 7) is 4.18. The predicted molar refractivity (Wildman–Crippen MR) is 316 cm³/mol. The molecule has 2 atom stereocenters. The molecule has 0 fully saturated rings. The second-order valence-electron chi connectivity index (χ2n) is 20.3. The van der Waals surface area contributed by atoms with Gasteiger partial charge in [0, 0.05) is 12.8 Å². The molecule has 0 bridgehead atoms. The van der Waals surface area contributed by atoms with E-state index < -0.39 is 26.5 Å². The lowest BCUT2D eigenvalue weighted by Crippen LogP contribution is -2.37. The van der Waals surface area contributed by atoms with Gasteiger partial charge in [-0.25, -0.2) is 4.57 Å². The van der Waals surface area contributed by atoms with E-state index in [2.05, 4.69) is 135 Å². The maximum atomic E-state index is 12.8. The lowest BCUT2D eigenvalue weighted by atomic mass is 10.0. The number of carbonyl (C=O) groups excluding carboxylic acids is 2. The number of hydrogen-bond acceptors (Lipinski definition) is 7. The molecule has 9 nitrogen and oxygen atoms in total. The molecule has 0 radical (unpaired) electrons. The van der Waals surface area contributed by atoms with E-state index in [-0.39, 0.29) is 32.0 Å². The molecule has 10 heteroatoms. The number of carbonyl (C=O) groups is 2. The Morgan fingerprint density at radius 3 is 1.08 bits per heavy atom. The second kappa shape index (κ2) is 54.2. The minimum absolute atomic E-state index is 0.0217. The summed E-state index contributed by atoms with van der Waals surface area (Å²) in [5.41, 5.74) is 0. The van der Waals surface area contributed by atoms with Crippen molar-refractivity contribution in [2.45, 2.75) is 225 Å². The number of likely N-dealkylation sites (N-methyl/N-ethyl adjacent to an activating group) is 1. The summed E-state index contributed by atoms with van der Waals surface area (Å²) >= 11 is 0. The number of hydrogen-bond donors (Lipinski definition) is 1. The molecule has 0 aromatic carbocycles. The Kier molecular flexibility index (Phi) is 51.6. The zero-order chi connectivity index (χ0) is 54.2. The first kappa shape index (κ1) is 70.4. The minimum atomic E-state index is -4.40. The summed E-state index contributed by atoms with van der Waals surface area (Å²) < 4.78 is 34.6. The fourth-order valence-electron chi connectivity index (χ4n) is 7.54. The minimum Gasteiger partial charge on any atom is -0.462 e. The number of phosphoric ester groups is 1. The van der Waals surface area contributed by atoms with E-state index in [0.29, 0.717) is 17.4 Å². The van der Waals surface area contributed by atoms with Crippen LogP contribution in [0.25, 0.3) is 0 Å². The van der Waals surface area contributed by atoms with E-state index in [4.69, 9.17) is 18.5 Å². The summed E-state index contributed by atoms with van der Waals surface area (Å²) in [7, 11) is 1.45. The van der Waals surface area contributed by atoms with Crippen molar-refractivity contribution in [3.05, 3.63) is 122 Å². The second-order valence-corrected chi connectivity index (χ2v) is 21.7. The monoisotopic (exact) mass is 1050 g/mol. The normalized spacial score (nSPS) is 14.2. The van der Waals surface area contributed by atoms with E-state index in [9.17, 15) is 19.0 Å². The number of esters is 2. The van der Waals surface area contributed by atoms with Gasteiger partial charge in [0.05, 0.1) is 27.7 Å². The third kappa shape index (κ3) is 57.7. The van der Waals surface area contributed by atoms with Crippen LogP contribution in [0.1, 0.15) is 219 Å². The number of rotatable bonds is 52. The lowest BCUT2D eigenvalue weighted by Gasteiger charge is -2.24. The number of nitrogens with zero attached hydrogens (tertiary/aromatic N) is 1. The summed E-state index contributed by atoms with van der Waals surface area (Å²) in [6.07, 6.45) is 76.9. The molecule has 0 aliphatic rings. The van der Waals surface area contributed by atoms with Crippen LogP contribution in [0.5, 0.6) is 0 Å². The highest BCUT2D eigenvalue weighted by atomic mass is 31.2. The Hall–Kier alpha value is -3.59. The molecular formula is C64H109NO8P+. The number of phosphoric acid groups is 1. The predicted octanol–water partition coefficient (Wildman–Crippen LogP) is 18.4. The van der Waals surface area contributed by atoms with E-state index in [1.54, 1.807) is 0 Å². The van der Waals surface area contributed by atoms with Gasteiger partial charge in [0.15, 0.2) is 6.10 Å². The molecule has 422 valence electrons. The van der Waals surface area contributed by atoms with Gasteiger partial charge < -0.3 is 18.9 Å². The molecular weight excluding hydrogens is 942 g/mol. The van der Waals surface area contributed by atoms with Crippen molar-refractivity contribution in [3.8, 4) is 0 Å². The van der Waals surface area contributed by atoms with Gasteiger partial charge >= 0.3 is 19.8 Å². The average Bonchev–Trinajstić information content (AvgIpc) is 3.36. The maximum absolute atomic E-state index is 12.8. The summed E-state index contributed by atoms with van der Waals surface area (Å²) in [4.78, 5) is 35.7. The Bertz CT molecular complexity index is 1660. The Balaban J connectivity index is 4.23. The number of allylic oxidation sites excluding steroid dienone is 20. The molecule has 0 spiro atoms. The van der Waals surface area contributed by atoms with Gasteiger partial charge in [0.25, 0.3) is 0 Å². The first-order valence-corrected chi connectivity index (χ1v) is 30.8. The van der Waals surface area contributed by atoms with Crippen molar-refractivity contribution in [2.24, 2.45) is 0 Å². The lowest BCUT2D eigenvalue weighted by molar-refractivity contribution is -0.870. The highest BCUT2D eigenvalue weighted by molar-refractivity contribution is 7.47. The molecule has 0 aromatic rings. The maximum Gasteiger partial charge on any atom is 0.472 e. The van der Waals surface area contributed by atoms with Crippen LogP contribution in [-0.2, 0) is 32.7 Å². The Labute approximate surface area is 454 Å². The molecule has 1 N–H and O–H groups in total. The van der Waals surface area contributed by atoms with Crippen LogP contribution in [0.2, 0.25) is 0 Å². The van der Waals surface area contributed by atoms with E-state index in [0.717, 1.165) is 122 Å². The first-order chi connectivity index (χ1) is 36.0. The molecule has 0 aliphatic carbocycles. The van der Waals surface area contributed by atoms with Crippen LogP contribution in [0.4, 0.5) is 0 Å². The van der Waals surface area contributed by atoms with Gasteiger partial charge in [-0.15, -0.1) is 0 Å². The Morgan fingerprint density at radius 2 is 0.730 bits per heavy atom. The summed E-state index contributed by atoms with van der Waals surface area (Å²) in [5, 5.41) is 0. The fraction of sp³-hybridized carbons (Fsp3) is 0.656. The van der Waals surface area contributed by atoms with Gasteiger partial charge in [0.2, 0.25) is 0 Å². The average molecular weight is 1050 g/mol. The van der Waals surface area contributed by atoms with Crippen molar-refractivity contribution in [1.82, 2.24) is 0 Å². The third-order valence-corrected chi connectivity index (χ3v) is 13.0. The molecule has 74 heavy (non-hydrogen) atoms. The molecule has 0 heterocycles. The fourth-order valence-corrected chi connectivity index (χ4v) is 8.28. The van der Waals surface area contributed by atoms with Gasteiger partial charge in [-0.3, -0.25) is 18.6 Å². The summed E-state index contributed by atoms with van der Waals surface area (Å²) in [5.74, 6) is -0.823. The van der Waals surface area contributed by atoms with Crippen molar-refractivity contribution >= 4 is 19.8 Å². The van der Waals surface area contributed by atoms with Crippen LogP contribution >= 0.6 is 7.82 Å². The van der Waals surface area contributed by atoms with Crippen molar-refractivity contribution < 1.29 is 42.1 Å². The van der Waals surface area contributed by atoms with Crippen LogP contribution in [0.15, 0.2) is 122 Å². The van der Waals surface area contributed by atoms with Crippen molar-refractivity contribution in [1.29, 1.82) is 0 Å². The smallest absolute Gasteiger partial charge is 0.462 e. The number of ether oxygens (including phenoxy) is 2. The highest BCUT2D eigenvalue weighted by Crippen LogP contribution is 2.43. The topological polar surface area (TPSA) is 108 Å². The molecule has 0 saturated heterocycles. The molecule has 0 amide bonds. The Morgan fingerprint density at radius 1 is 0.419 bits per heavy atom. The van der Waals surface area contributed by atoms with Crippen molar-refractivity contribution in [3.63, 3.8) is 0 Å². The largest absolute Gasteiger partial charge is 0.472 e. The first-order valence-electron chi connectivity index (χ1n) is 29.3. The van der Waals surface area contributed by atoms with Crippen LogP contribution in [-0.4, -0.2) is 74.9 Å². The molecule has 0 rings (SSSR count). The van der Waals surface area contributed by atoms with Gasteiger partial charge in [-0.1, -0.05) is 225 Å². The SMILES string of the molecule is CC/C=C\C/C=C\C/C=C\C/C=C\C/C=C\C/C=C\CCCCCCCCC(=O)OC(COC(=O)CCCCCCCCCCCCCC/C=C\C/C=C\C/C=C\C/C=C\CC)COP(=O)(O)OCC[N+](C)(C)C. The quantitative estimate of drug-likeness (QED) is 0.0211. The van der Waals surface area contributed by atoms with E-state index >= 15 is 0 Å². The van der Waals surface area contributed by atoms with Gasteiger partial charge in [-0.05, 0) is 103 Å². The number of quaternary nitrogens is 1. The third-order valence-electron chi connectivity index (χ3n) is 12.0. The zero-order valence-corrected chi connectivity index (χ0v) is 48.7. The van der Waals surface area contributed by atoms with Gasteiger partial charge in [-0.2, -0.15) is 0 Å². The molecule has 0 aliphatic heterocycles. The summed E-state index contributed by atoms with van der Waals surface area (Å²) in [6, 6.07) is 0. The van der Waals surface area contributed by atoms with Crippen LogP contribution < -0.4 is 0 Å². The van der Waals surface area contributed by atoms with Crippen LogP contribution in [0.3, 0.4) is 0 Å². The van der Waals surface area contributed by atoms with Crippen molar-refractivity contribution in [2.75, 3.05) is 47.5 Å². The molecule has 2 unspecified atom stereocenters. The van der Waals surface area contributed by atoms with Gasteiger partial charge in [0.1, 0.15) is 19.8 Å². The van der Waals surface area contributed by atoms with E-state index in [1.165, 1.54) is 64.2 Å². The molecule has 0 saturated carbocycles.